The Labute approximate surface area is 141 Å². The van der Waals surface area contributed by atoms with Crippen LogP contribution in [0.2, 0.25) is 0 Å². The molecule has 0 aromatic carbocycles. The van der Waals surface area contributed by atoms with E-state index < -0.39 is 34.6 Å². The molecule has 4 aliphatic rings. The second-order valence-electron chi connectivity index (χ2n) is 8.76. The highest BCUT2D eigenvalue weighted by atomic mass is 16.3. The third-order valence-corrected chi connectivity index (χ3v) is 7.95. The Morgan fingerprint density at radius 2 is 1.88 bits per heavy atom. The largest absolute Gasteiger partial charge is 0.392 e. The monoisotopic (exact) mass is 334 g/mol. The standard InChI is InChI=1S/C19H26O5/c1-17-6-5-11(20)7-10(17)8-13(21)16-12-3-4-14(22)18(12,2)15(23)9-19(16,17)24/h7,12-13,15-16,21,23-24H,3-6,8-9H2,1-2H3/t12-,13+,15-,16+,17-,18-,19+/m0/s1. The molecule has 24 heavy (non-hydrogen) atoms. The molecule has 5 nitrogen and oxygen atoms in total. The van der Waals surface area contributed by atoms with E-state index in [4.69, 9.17) is 0 Å². The van der Waals surface area contributed by atoms with Gasteiger partial charge in [-0.1, -0.05) is 12.5 Å². The topological polar surface area (TPSA) is 94.8 Å². The number of carbonyl (C=O) groups is 2. The lowest BCUT2D eigenvalue weighted by Crippen LogP contribution is -2.70. The van der Waals surface area contributed by atoms with Crippen molar-refractivity contribution in [3.63, 3.8) is 0 Å². The van der Waals surface area contributed by atoms with E-state index in [0.29, 0.717) is 32.1 Å². The van der Waals surface area contributed by atoms with Gasteiger partial charge in [0.2, 0.25) is 0 Å². The molecule has 0 radical (unpaired) electrons. The number of ketones is 2. The van der Waals surface area contributed by atoms with Crippen LogP contribution in [0, 0.1) is 22.7 Å². The Morgan fingerprint density at radius 3 is 2.58 bits per heavy atom. The first-order valence-electron chi connectivity index (χ1n) is 9.00. The maximum atomic E-state index is 12.5. The van der Waals surface area contributed by atoms with Gasteiger partial charge in [-0.05, 0) is 38.2 Å². The van der Waals surface area contributed by atoms with E-state index in [1.807, 2.05) is 6.92 Å². The SMILES string of the molecule is C[C@@]12C(=O)CC[C@H]1[C@@H]1[C@H](O)CC3=CC(=O)CC[C@]3(C)[C@@]1(O)C[C@@H]2O. The number of fused-ring (bicyclic) bond motifs is 5. The van der Waals surface area contributed by atoms with Gasteiger partial charge in [0, 0.05) is 30.6 Å². The first kappa shape index (κ1) is 16.4. The van der Waals surface area contributed by atoms with Crippen molar-refractivity contribution in [1.29, 1.82) is 0 Å². The normalized spacial score (nSPS) is 54.0. The minimum Gasteiger partial charge on any atom is -0.392 e. The van der Waals surface area contributed by atoms with E-state index in [2.05, 4.69) is 0 Å². The summed E-state index contributed by atoms with van der Waals surface area (Å²) < 4.78 is 0. The van der Waals surface area contributed by atoms with E-state index in [1.165, 1.54) is 0 Å². The molecule has 0 aliphatic heterocycles. The molecule has 0 unspecified atom stereocenters. The lowest BCUT2D eigenvalue weighted by Gasteiger charge is -2.64. The zero-order valence-corrected chi connectivity index (χ0v) is 14.3. The van der Waals surface area contributed by atoms with Crippen molar-refractivity contribution >= 4 is 11.6 Å². The van der Waals surface area contributed by atoms with Gasteiger partial charge in [0.25, 0.3) is 0 Å². The van der Waals surface area contributed by atoms with Gasteiger partial charge in [-0.2, -0.15) is 0 Å². The van der Waals surface area contributed by atoms with Crippen LogP contribution in [0.4, 0.5) is 0 Å². The van der Waals surface area contributed by atoms with Gasteiger partial charge in [0.05, 0.1) is 23.2 Å². The minimum absolute atomic E-state index is 0.0361. The maximum Gasteiger partial charge on any atom is 0.155 e. The van der Waals surface area contributed by atoms with Crippen LogP contribution in [-0.2, 0) is 9.59 Å². The second-order valence-corrected chi connectivity index (χ2v) is 8.76. The third-order valence-electron chi connectivity index (χ3n) is 7.95. The molecule has 132 valence electrons. The number of hydrogen-bond acceptors (Lipinski definition) is 5. The molecule has 7 atom stereocenters. The van der Waals surface area contributed by atoms with Gasteiger partial charge >= 0.3 is 0 Å². The number of carbonyl (C=O) groups excluding carboxylic acids is 2. The summed E-state index contributed by atoms with van der Waals surface area (Å²) in [5, 5.41) is 33.4. The lowest BCUT2D eigenvalue weighted by molar-refractivity contribution is -0.242. The Balaban J connectivity index is 1.86. The summed E-state index contributed by atoms with van der Waals surface area (Å²) in [6.45, 7) is 3.75. The van der Waals surface area contributed by atoms with Crippen molar-refractivity contribution in [2.45, 2.75) is 70.2 Å². The zero-order valence-electron chi connectivity index (χ0n) is 14.3. The Hall–Kier alpha value is -1.04. The number of Topliss-reactive ketones (excluding diaryl/α,β-unsaturated/α-hetero) is 1. The van der Waals surface area contributed by atoms with Crippen LogP contribution in [0.15, 0.2) is 11.6 Å². The number of hydrogen-bond donors (Lipinski definition) is 3. The fourth-order valence-electron chi connectivity index (χ4n) is 6.29. The number of rotatable bonds is 0. The molecule has 4 rings (SSSR count). The average Bonchev–Trinajstić information content (AvgIpc) is 2.80. The summed E-state index contributed by atoms with van der Waals surface area (Å²) in [7, 11) is 0. The number of aliphatic hydroxyl groups excluding tert-OH is 2. The molecular formula is C19H26O5. The van der Waals surface area contributed by atoms with E-state index >= 15 is 0 Å². The molecule has 0 aromatic heterocycles. The molecule has 3 N–H and O–H groups in total. The lowest BCUT2D eigenvalue weighted by atomic mass is 9.43. The van der Waals surface area contributed by atoms with Gasteiger partial charge in [-0.25, -0.2) is 0 Å². The summed E-state index contributed by atoms with van der Waals surface area (Å²) in [5.74, 6) is -0.578. The summed E-state index contributed by atoms with van der Waals surface area (Å²) in [6.07, 6.45) is 2.23. The maximum absolute atomic E-state index is 12.5. The quantitative estimate of drug-likeness (QED) is 0.618. The van der Waals surface area contributed by atoms with Crippen molar-refractivity contribution in [1.82, 2.24) is 0 Å². The zero-order chi connectivity index (χ0) is 17.5. The molecule has 0 heterocycles. The van der Waals surface area contributed by atoms with Gasteiger partial charge in [-0.15, -0.1) is 0 Å². The van der Waals surface area contributed by atoms with Crippen LogP contribution in [0.5, 0.6) is 0 Å². The highest BCUT2D eigenvalue weighted by Crippen LogP contribution is 2.66. The van der Waals surface area contributed by atoms with Crippen LogP contribution < -0.4 is 0 Å². The molecular weight excluding hydrogens is 308 g/mol. The molecule has 0 aromatic rings. The molecule has 0 bridgehead atoms. The minimum atomic E-state index is -1.29. The fraction of sp³-hybridized carbons (Fsp3) is 0.789. The third kappa shape index (κ3) is 1.71. The molecule has 3 fully saturated rings. The highest BCUT2D eigenvalue weighted by molar-refractivity contribution is 5.92. The smallest absolute Gasteiger partial charge is 0.155 e. The van der Waals surface area contributed by atoms with Crippen molar-refractivity contribution in [3.05, 3.63) is 11.6 Å². The van der Waals surface area contributed by atoms with Crippen LogP contribution in [0.25, 0.3) is 0 Å². The first-order chi connectivity index (χ1) is 11.1. The molecule has 0 amide bonds. The van der Waals surface area contributed by atoms with Crippen molar-refractivity contribution < 1.29 is 24.9 Å². The predicted molar refractivity (Wildman–Crippen MR) is 86.0 cm³/mol. The van der Waals surface area contributed by atoms with Crippen LogP contribution >= 0.6 is 0 Å². The highest BCUT2D eigenvalue weighted by Gasteiger charge is 2.70. The van der Waals surface area contributed by atoms with Crippen molar-refractivity contribution in [2.75, 3.05) is 0 Å². The second kappa shape index (κ2) is 4.77. The summed E-state index contributed by atoms with van der Waals surface area (Å²) in [5.41, 5.74) is -1.99. The fourth-order valence-corrected chi connectivity index (χ4v) is 6.29. The van der Waals surface area contributed by atoms with E-state index in [1.54, 1.807) is 13.0 Å². The van der Waals surface area contributed by atoms with E-state index in [-0.39, 0.29) is 23.9 Å². The predicted octanol–water partition coefficient (Wildman–Crippen LogP) is 1.14. The Bertz CT molecular complexity index is 654. The molecule has 0 spiro atoms. The Morgan fingerprint density at radius 1 is 1.17 bits per heavy atom. The summed E-state index contributed by atoms with van der Waals surface area (Å²) in [6, 6.07) is 0. The van der Waals surface area contributed by atoms with Crippen LogP contribution in [0.1, 0.15) is 52.4 Å². The molecule has 4 aliphatic carbocycles. The van der Waals surface area contributed by atoms with Crippen LogP contribution in [0.3, 0.4) is 0 Å². The Kier molecular flexibility index (Phi) is 3.27. The molecule has 3 saturated carbocycles. The molecule has 5 heteroatoms. The van der Waals surface area contributed by atoms with Crippen LogP contribution in [-0.4, -0.2) is 44.7 Å². The molecule has 0 saturated heterocycles. The van der Waals surface area contributed by atoms with Gasteiger partial charge in [0.1, 0.15) is 5.78 Å². The van der Waals surface area contributed by atoms with E-state index in [9.17, 15) is 24.9 Å². The average molecular weight is 334 g/mol. The first-order valence-corrected chi connectivity index (χ1v) is 9.00. The number of aliphatic hydroxyl groups is 3. The van der Waals surface area contributed by atoms with Gasteiger partial charge in [0.15, 0.2) is 5.78 Å². The summed E-state index contributed by atoms with van der Waals surface area (Å²) in [4.78, 5) is 24.3. The van der Waals surface area contributed by atoms with Gasteiger partial charge < -0.3 is 15.3 Å². The van der Waals surface area contributed by atoms with Gasteiger partial charge in [-0.3, -0.25) is 9.59 Å². The van der Waals surface area contributed by atoms with E-state index in [0.717, 1.165) is 5.57 Å². The summed E-state index contributed by atoms with van der Waals surface area (Å²) >= 11 is 0. The van der Waals surface area contributed by atoms with Crippen molar-refractivity contribution in [2.24, 2.45) is 22.7 Å². The van der Waals surface area contributed by atoms with Crippen molar-refractivity contribution in [3.8, 4) is 0 Å².